The van der Waals surface area contributed by atoms with E-state index >= 15 is 0 Å². The number of nitrogens with one attached hydrogen (secondary N) is 1. The lowest BCUT2D eigenvalue weighted by Gasteiger charge is -2.20. The normalized spacial score (nSPS) is 14.2. The smallest absolute Gasteiger partial charge is 0.110 e. The fourth-order valence-electron chi connectivity index (χ4n) is 2.37. The van der Waals surface area contributed by atoms with Crippen molar-refractivity contribution in [3.8, 4) is 5.69 Å². The van der Waals surface area contributed by atoms with Crippen LogP contribution in [0.15, 0.2) is 36.5 Å². The van der Waals surface area contributed by atoms with Gasteiger partial charge in [-0.3, -0.25) is 4.57 Å². The SMILES string of the molecule is CCC(C)C(C)NCc1cnc(C)n1-c1ccccc1. The third-order valence-corrected chi connectivity index (χ3v) is 4.13. The third kappa shape index (κ3) is 3.28. The predicted molar refractivity (Wildman–Crippen MR) is 84.1 cm³/mol. The van der Waals surface area contributed by atoms with Gasteiger partial charge in [0, 0.05) is 18.3 Å². The van der Waals surface area contributed by atoms with E-state index in [1.165, 1.54) is 17.8 Å². The minimum absolute atomic E-state index is 0.513. The van der Waals surface area contributed by atoms with Gasteiger partial charge >= 0.3 is 0 Å². The van der Waals surface area contributed by atoms with E-state index in [4.69, 9.17) is 0 Å². The Labute approximate surface area is 122 Å². The average molecular weight is 271 g/mol. The standard InChI is InChI=1S/C17H25N3/c1-5-13(2)14(3)18-11-17-12-19-15(4)20(17)16-9-7-6-8-10-16/h6-10,12-14,18H,5,11H2,1-4H3. The number of aromatic nitrogens is 2. The Bertz CT molecular complexity index is 530. The van der Waals surface area contributed by atoms with Crippen molar-refractivity contribution >= 4 is 0 Å². The summed E-state index contributed by atoms with van der Waals surface area (Å²) in [7, 11) is 0. The molecule has 0 bridgehead atoms. The molecular formula is C17H25N3. The first kappa shape index (κ1) is 14.8. The van der Waals surface area contributed by atoms with Crippen LogP contribution >= 0.6 is 0 Å². The van der Waals surface area contributed by atoms with Gasteiger partial charge in [-0.15, -0.1) is 0 Å². The highest BCUT2D eigenvalue weighted by Gasteiger charge is 2.12. The summed E-state index contributed by atoms with van der Waals surface area (Å²) in [6, 6.07) is 10.9. The molecule has 2 aromatic rings. The molecule has 0 aliphatic rings. The molecule has 0 aliphatic heterocycles. The van der Waals surface area contributed by atoms with Gasteiger partial charge in [0.25, 0.3) is 0 Å². The maximum absolute atomic E-state index is 4.46. The molecule has 0 spiro atoms. The minimum atomic E-state index is 0.513. The molecule has 3 nitrogen and oxygen atoms in total. The molecule has 0 amide bonds. The fourth-order valence-corrected chi connectivity index (χ4v) is 2.37. The highest BCUT2D eigenvalue weighted by Crippen LogP contribution is 2.15. The zero-order valence-corrected chi connectivity index (χ0v) is 12.9. The first-order valence-corrected chi connectivity index (χ1v) is 7.45. The highest BCUT2D eigenvalue weighted by atomic mass is 15.1. The van der Waals surface area contributed by atoms with Crippen LogP contribution < -0.4 is 5.32 Å². The number of hydrogen-bond acceptors (Lipinski definition) is 2. The largest absolute Gasteiger partial charge is 0.308 e. The summed E-state index contributed by atoms with van der Waals surface area (Å²) >= 11 is 0. The zero-order valence-electron chi connectivity index (χ0n) is 12.9. The monoisotopic (exact) mass is 271 g/mol. The second-order valence-electron chi connectivity index (χ2n) is 5.52. The van der Waals surface area contributed by atoms with Gasteiger partial charge in [0.05, 0.1) is 11.9 Å². The van der Waals surface area contributed by atoms with Crippen LogP contribution in [0, 0.1) is 12.8 Å². The predicted octanol–water partition coefficient (Wildman–Crippen LogP) is 3.70. The summed E-state index contributed by atoms with van der Waals surface area (Å²) in [6.07, 6.45) is 3.17. The molecule has 1 aromatic heterocycles. The number of imidazole rings is 1. The van der Waals surface area contributed by atoms with E-state index in [9.17, 15) is 0 Å². The van der Waals surface area contributed by atoms with Gasteiger partial charge in [-0.2, -0.15) is 0 Å². The first-order chi connectivity index (χ1) is 9.63. The Hall–Kier alpha value is -1.61. The van der Waals surface area contributed by atoms with Gasteiger partial charge < -0.3 is 5.32 Å². The summed E-state index contributed by atoms with van der Waals surface area (Å²) in [5.41, 5.74) is 2.39. The maximum atomic E-state index is 4.46. The summed E-state index contributed by atoms with van der Waals surface area (Å²) in [5.74, 6) is 1.72. The van der Waals surface area contributed by atoms with Crippen molar-refractivity contribution in [1.29, 1.82) is 0 Å². The van der Waals surface area contributed by atoms with Crippen LogP contribution in [-0.4, -0.2) is 15.6 Å². The Kier molecular flexibility index (Phi) is 4.96. The number of nitrogens with zero attached hydrogens (tertiary/aromatic N) is 2. The van der Waals surface area contributed by atoms with Crippen molar-refractivity contribution in [2.45, 2.75) is 46.7 Å². The van der Waals surface area contributed by atoms with Crippen LogP contribution in [0.25, 0.3) is 5.69 Å². The van der Waals surface area contributed by atoms with Gasteiger partial charge in [-0.25, -0.2) is 4.98 Å². The molecule has 20 heavy (non-hydrogen) atoms. The molecule has 1 N–H and O–H groups in total. The lowest BCUT2D eigenvalue weighted by Crippen LogP contribution is -2.32. The lowest BCUT2D eigenvalue weighted by atomic mass is 10.0. The van der Waals surface area contributed by atoms with Crippen LogP contribution in [0.2, 0.25) is 0 Å². The quantitative estimate of drug-likeness (QED) is 0.868. The second-order valence-corrected chi connectivity index (χ2v) is 5.52. The van der Waals surface area contributed by atoms with Crippen molar-refractivity contribution in [2.75, 3.05) is 0 Å². The van der Waals surface area contributed by atoms with E-state index in [0.29, 0.717) is 12.0 Å². The average Bonchev–Trinajstić information content (AvgIpc) is 2.85. The topological polar surface area (TPSA) is 29.9 Å². The van der Waals surface area contributed by atoms with E-state index < -0.39 is 0 Å². The van der Waals surface area contributed by atoms with E-state index in [2.05, 4.69) is 66.8 Å². The van der Waals surface area contributed by atoms with Crippen LogP contribution in [0.1, 0.15) is 38.7 Å². The molecule has 0 radical (unpaired) electrons. The number of aryl methyl sites for hydroxylation is 1. The van der Waals surface area contributed by atoms with Crippen molar-refractivity contribution in [1.82, 2.24) is 14.9 Å². The Morgan fingerprint density at radius 3 is 2.55 bits per heavy atom. The molecule has 2 atom stereocenters. The maximum Gasteiger partial charge on any atom is 0.110 e. The number of hydrogen-bond donors (Lipinski definition) is 1. The van der Waals surface area contributed by atoms with E-state index in [-0.39, 0.29) is 0 Å². The van der Waals surface area contributed by atoms with E-state index in [1.807, 2.05) is 12.3 Å². The van der Waals surface area contributed by atoms with Gasteiger partial charge in [-0.1, -0.05) is 38.5 Å². The third-order valence-electron chi connectivity index (χ3n) is 4.13. The van der Waals surface area contributed by atoms with Crippen LogP contribution in [0.3, 0.4) is 0 Å². The molecule has 0 saturated carbocycles. The molecule has 1 heterocycles. The fraction of sp³-hybridized carbons (Fsp3) is 0.471. The first-order valence-electron chi connectivity index (χ1n) is 7.45. The number of rotatable bonds is 6. The van der Waals surface area contributed by atoms with Crippen LogP contribution in [-0.2, 0) is 6.54 Å². The molecule has 0 fully saturated rings. The van der Waals surface area contributed by atoms with Gasteiger partial charge in [-0.05, 0) is 31.9 Å². The Morgan fingerprint density at radius 1 is 1.20 bits per heavy atom. The summed E-state index contributed by atoms with van der Waals surface area (Å²) in [4.78, 5) is 4.46. The molecule has 1 aromatic carbocycles. The molecule has 2 rings (SSSR count). The van der Waals surface area contributed by atoms with Gasteiger partial charge in [0.15, 0.2) is 0 Å². The van der Waals surface area contributed by atoms with Crippen molar-refractivity contribution in [3.05, 3.63) is 48.0 Å². The second kappa shape index (κ2) is 6.71. The zero-order chi connectivity index (χ0) is 14.5. The van der Waals surface area contributed by atoms with Gasteiger partial charge in [0.1, 0.15) is 5.82 Å². The summed E-state index contributed by atoms with van der Waals surface area (Å²) in [6.45, 7) is 9.68. The molecule has 108 valence electrons. The molecule has 3 heteroatoms. The molecule has 2 unspecified atom stereocenters. The minimum Gasteiger partial charge on any atom is -0.308 e. The van der Waals surface area contributed by atoms with Crippen LogP contribution in [0.5, 0.6) is 0 Å². The van der Waals surface area contributed by atoms with Crippen molar-refractivity contribution in [3.63, 3.8) is 0 Å². The van der Waals surface area contributed by atoms with Crippen LogP contribution in [0.4, 0.5) is 0 Å². The Morgan fingerprint density at radius 2 is 1.90 bits per heavy atom. The molecule has 0 saturated heterocycles. The lowest BCUT2D eigenvalue weighted by molar-refractivity contribution is 0.387. The highest BCUT2D eigenvalue weighted by molar-refractivity contribution is 5.35. The summed E-state index contributed by atoms with van der Waals surface area (Å²) < 4.78 is 2.22. The number of para-hydroxylation sites is 1. The molecular weight excluding hydrogens is 246 g/mol. The molecule has 0 aliphatic carbocycles. The van der Waals surface area contributed by atoms with E-state index in [1.54, 1.807) is 0 Å². The van der Waals surface area contributed by atoms with Crippen molar-refractivity contribution < 1.29 is 0 Å². The van der Waals surface area contributed by atoms with Crippen molar-refractivity contribution in [2.24, 2.45) is 5.92 Å². The Balaban J connectivity index is 2.14. The number of benzene rings is 1. The van der Waals surface area contributed by atoms with Gasteiger partial charge in [0.2, 0.25) is 0 Å². The van der Waals surface area contributed by atoms with E-state index in [0.717, 1.165) is 12.4 Å². The summed E-state index contributed by atoms with van der Waals surface area (Å²) in [5, 5.41) is 3.61.